The van der Waals surface area contributed by atoms with Gasteiger partial charge in [0.25, 0.3) is 5.91 Å². The summed E-state index contributed by atoms with van der Waals surface area (Å²) in [5, 5.41) is 9.49. The molecule has 1 aromatic heterocycles. The summed E-state index contributed by atoms with van der Waals surface area (Å²) in [4.78, 5) is 35.6. The van der Waals surface area contributed by atoms with E-state index < -0.39 is 29.6 Å². The third-order valence-electron chi connectivity index (χ3n) is 4.79. The molecular formula is C23H15FN4O2. The highest BCUT2D eigenvalue weighted by Gasteiger charge is 2.39. The van der Waals surface area contributed by atoms with Crippen LogP contribution in [0.15, 0.2) is 77.9 Å². The summed E-state index contributed by atoms with van der Waals surface area (Å²) in [5.41, 5.74) is 1.39. The Morgan fingerprint density at radius 3 is 2.50 bits per heavy atom. The standard InChI is InChI=1S/C23H15FN4O2/c24-16-10-8-15(9-11-16)20(13-25)27-14-19-17-5-1-2-6-18(17)22(29)28(23(19)30)21-7-3-4-12-26-21/h1-12,14,19-20H/t19-,20+/m1/s1. The number of fused-ring (bicyclic) bond motifs is 1. The number of aliphatic imine (C=N–C) groups is 1. The number of pyridine rings is 1. The highest BCUT2D eigenvalue weighted by atomic mass is 19.1. The van der Waals surface area contributed by atoms with E-state index in [1.807, 2.05) is 6.07 Å². The summed E-state index contributed by atoms with van der Waals surface area (Å²) in [6.45, 7) is 0. The Hall–Kier alpha value is -4.18. The molecule has 0 spiro atoms. The predicted molar refractivity (Wildman–Crippen MR) is 108 cm³/mol. The van der Waals surface area contributed by atoms with Crippen LogP contribution in [0.5, 0.6) is 0 Å². The van der Waals surface area contributed by atoms with Crippen LogP contribution in [0.4, 0.5) is 10.2 Å². The van der Waals surface area contributed by atoms with Gasteiger partial charge in [0.05, 0.1) is 12.0 Å². The Morgan fingerprint density at radius 2 is 1.80 bits per heavy atom. The van der Waals surface area contributed by atoms with Crippen molar-refractivity contribution in [3.05, 3.63) is 95.4 Å². The summed E-state index contributed by atoms with van der Waals surface area (Å²) in [6.07, 6.45) is 2.88. The van der Waals surface area contributed by atoms with Crippen molar-refractivity contribution < 1.29 is 14.0 Å². The number of amides is 2. The van der Waals surface area contributed by atoms with E-state index in [0.29, 0.717) is 16.7 Å². The van der Waals surface area contributed by atoms with E-state index in [0.717, 1.165) is 4.90 Å². The number of nitriles is 1. The molecule has 7 heteroatoms. The van der Waals surface area contributed by atoms with E-state index in [1.54, 1.807) is 42.5 Å². The fraction of sp³-hybridized carbons (Fsp3) is 0.0870. The van der Waals surface area contributed by atoms with E-state index in [2.05, 4.69) is 9.98 Å². The second-order valence-electron chi connectivity index (χ2n) is 6.61. The Kier molecular flexibility index (Phi) is 5.14. The quantitative estimate of drug-likeness (QED) is 0.494. The average molecular weight is 398 g/mol. The van der Waals surface area contributed by atoms with Crippen LogP contribution in [-0.4, -0.2) is 23.0 Å². The molecule has 2 heterocycles. The lowest BCUT2D eigenvalue weighted by Gasteiger charge is -2.30. The van der Waals surface area contributed by atoms with Crippen molar-refractivity contribution in [3.8, 4) is 6.07 Å². The lowest BCUT2D eigenvalue weighted by molar-refractivity contribution is -0.118. The van der Waals surface area contributed by atoms with Gasteiger partial charge in [0.1, 0.15) is 11.6 Å². The van der Waals surface area contributed by atoms with Crippen LogP contribution >= 0.6 is 0 Å². The van der Waals surface area contributed by atoms with Crippen molar-refractivity contribution in [2.75, 3.05) is 4.90 Å². The molecule has 0 bridgehead atoms. The number of benzene rings is 2. The number of carbonyl (C=O) groups excluding carboxylic acids is 2. The monoisotopic (exact) mass is 398 g/mol. The summed E-state index contributed by atoms with van der Waals surface area (Å²) in [5.74, 6) is -2.03. The van der Waals surface area contributed by atoms with E-state index in [-0.39, 0.29) is 5.82 Å². The maximum Gasteiger partial charge on any atom is 0.266 e. The molecule has 1 aliphatic heterocycles. The van der Waals surface area contributed by atoms with Gasteiger partial charge in [0.15, 0.2) is 6.04 Å². The first kappa shape index (κ1) is 19.2. The second kappa shape index (κ2) is 8.05. The fourth-order valence-electron chi connectivity index (χ4n) is 3.31. The molecule has 4 rings (SSSR count). The molecule has 146 valence electrons. The van der Waals surface area contributed by atoms with Crippen LogP contribution in [0.25, 0.3) is 0 Å². The molecule has 0 saturated heterocycles. The zero-order valence-electron chi connectivity index (χ0n) is 15.6. The second-order valence-corrected chi connectivity index (χ2v) is 6.61. The zero-order valence-corrected chi connectivity index (χ0v) is 15.6. The third-order valence-corrected chi connectivity index (χ3v) is 4.79. The average Bonchev–Trinajstić information content (AvgIpc) is 2.78. The van der Waals surface area contributed by atoms with Crippen LogP contribution < -0.4 is 4.90 Å². The van der Waals surface area contributed by atoms with Crippen LogP contribution in [0.3, 0.4) is 0 Å². The molecule has 0 fully saturated rings. The van der Waals surface area contributed by atoms with Gasteiger partial charge in [-0.2, -0.15) is 5.26 Å². The summed E-state index contributed by atoms with van der Waals surface area (Å²) in [7, 11) is 0. The highest BCUT2D eigenvalue weighted by Crippen LogP contribution is 2.31. The minimum absolute atomic E-state index is 0.218. The van der Waals surface area contributed by atoms with Crippen LogP contribution in [-0.2, 0) is 4.79 Å². The summed E-state index contributed by atoms with van der Waals surface area (Å²) < 4.78 is 13.2. The molecule has 30 heavy (non-hydrogen) atoms. The number of hydrogen-bond acceptors (Lipinski definition) is 5. The SMILES string of the molecule is N#C[C@H](N=C[C@H]1C(=O)N(c2ccccn2)C(=O)c2ccccc21)c1ccc(F)cc1. The van der Waals surface area contributed by atoms with E-state index >= 15 is 0 Å². The first-order valence-corrected chi connectivity index (χ1v) is 9.17. The smallest absolute Gasteiger partial charge is 0.266 e. The van der Waals surface area contributed by atoms with Gasteiger partial charge in [-0.25, -0.2) is 14.3 Å². The molecule has 3 aromatic rings. The van der Waals surface area contributed by atoms with E-state index in [1.165, 1.54) is 36.7 Å². The van der Waals surface area contributed by atoms with Gasteiger partial charge in [-0.1, -0.05) is 36.4 Å². The molecule has 2 atom stereocenters. The number of halogens is 1. The molecule has 0 aliphatic carbocycles. The number of carbonyl (C=O) groups is 2. The molecular weight excluding hydrogens is 383 g/mol. The summed E-state index contributed by atoms with van der Waals surface area (Å²) in [6, 6.07) is 18.3. The van der Waals surface area contributed by atoms with Gasteiger partial charge in [-0.15, -0.1) is 0 Å². The number of nitrogens with zero attached hydrogens (tertiary/aromatic N) is 4. The van der Waals surface area contributed by atoms with Crippen LogP contribution in [0, 0.1) is 17.1 Å². The number of hydrogen-bond donors (Lipinski definition) is 0. The molecule has 1 aliphatic rings. The molecule has 0 saturated carbocycles. The maximum absolute atomic E-state index is 13.2. The molecule has 6 nitrogen and oxygen atoms in total. The topological polar surface area (TPSA) is 86.4 Å². The lowest BCUT2D eigenvalue weighted by atomic mass is 9.89. The van der Waals surface area contributed by atoms with Gasteiger partial charge >= 0.3 is 0 Å². The number of anilines is 1. The highest BCUT2D eigenvalue weighted by molar-refractivity contribution is 6.28. The Labute approximate surface area is 171 Å². The largest absolute Gasteiger partial charge is 0.273 e. The lowest BCUT2D eigenvalue weighted by Crippen LogP contribution is -2.46. The van der Waals surface area contributed by atoms with Crippen LogP contribution in [0.1, 0.15) is 33.4 Å². The molecule has 0 N–H and O–H groups in total. The van der Waals surface area contributed by atoms with Gasteiger partial charge in [-0.05, 0) is 41.5 Å². The molecule has 2 amide bonds. The van der Waals surface area contributed by atoms with Crippen molar-refractivity contribution in [2.45, 2.75) is 12.0 Å². The normalized spacial score (nSPS) is 16.9. The molecule has 2 aromatic carbocycles. The Balaban J connectivity index is 1.74. The maximum atomic E-state index is 13.2. The molecule has 0 unspecified atom stereocenters. The van der Waals surface area contributed by atoms with E-state index in [4.69, 9.17) is 0 Å². The third kappa shape index (κ3) is 3.47. The van der Waals surface area contributed by atoms with E-state index in [9.17, 15) is 19.2 Å². The van der Waals surface area contributed by atoms with Gasteiger partial charge < -0.3 is 0 Å². The minimum atomic E-state index is -0.911. The first-order valence-electron chi connectivity index (χ1n) is 9.17. The van der Waals surface area contributed by atoms with Crippen molar-refractivity contribution >= 4 is 23.8 Å². The van der Waals surface area contributed by atoms with Crippen molar-refractivity contribution in [1.82, 2.24) is 4.98 Å². The number of rotatable bonds is 4. The van der Waals surface area contributed by atoms with Gasteiger partial charge in [0.2, 0.25) is 5.91 Å². The van der Waals surface area contributed by atoms with Crippen LogP contribution in [0.2, 0.25) is 0 Å². The number of imide groups is 1. The minimum Gasteiger partial charge on any atom is -0.273 e. The summed E-state index contributed by atoms with van der Waals surface area (Å²) >= 11 is 0. The fourth-order valence-corrected chi connectivity index (χ4v) is 3.31. The molecule has 0 radical (unpaired) electrons. The van der Waals surface area contributed by atoms with Crippen molar-refractivity contribution in [1.29, 1.82) is 5.26 Å². The van der Waals surface area contributed by atoms with Gasteiger partial charge in [0, 0.05) is 18.0 Å². The zero-order chi connectivity index (χ0) is 21.1. The Bertz CT molecular complexity index is 1170. The van der Waals surface area contributed by atoms with Gasteiger partial charge in [-0.3, -0.25) is 14.6 Å². The predicted octanol–water partition coefficient (Wildman–Crippen LogP) is 3.83. The van der Waals surface area contributed by atoms with Crippen molar-refractivity contribution in [2.24, 2.45) is 4.99 Å². The number of aromatic nitrogens is 1. The van der Waals surface area contributed by atoms with Crippen molar-refractivity contribution in [3.63, 3.8) is 0 Å². The Morgan fingerprint density at radius 1 is 1.07 bits per heavy atom. The first-order chi connectivity index (χ1) is 14.6.